The molecule has 3 heteroatoms. The fourth-order valence-electron chi connectivity index (χ4n) is 4.39. The number of halogens is 1. The smallest absolute Gasteiger partial charge is 0.220 e. The number of carbonyl (C=O) groups is 1. The van der Waals surface area contributed by atoms with Crippen molar-refractivity contribution in [2.45, 2.75) is 45.4 Å². The van der Waals surface area contributed by atoms with E-state index in [1.807, 2.05) is 0 Å². The van der Waals surface area contributed by atoms with Gasteiger partial charge in [-0.25, -0.2) is 0 Å². The largest absolute Gasteiger partial charge is 0.356 e. The molecule has 4 aromatic carbocycles. The molecule has 0 aliphatic carbocycles. The van der Waals surface area contributed by atoms with Gasteiger partial charge in [0.25, 0.3) is 0 Å². The second-order valence-corrected chi connectivity index (χ2v) is 9.68. The Hall–Kier alpha value is -2.40. The number of amides is 1. The lowest BCUT2D eigenvalue weighted by Gasteiger charge is -2.15. The molecule has 0 atom stereocenters. The van der Waals surface area contributed by atoms with Crippen LogP contribution in [0.15, 0.2) is 72.8 Å². The predicted molar refractivity (Wildman–Crippen MR) is 145 cm³/mol. The molecule has 4 aromatic rings. The molecule has 0 radical (unpaired) electrons. The highest BCUT2D eigenvalue weighted by molar-refractivity contribution is 14.1. The van der Waals surface area contributed by atoms with Crippen LogP contribution in [-0.2, 0) is 11.2 Å². The Morgan fingerprint density at radius 3 is 2.50 bits per heavy atom. The summed E-state index contributed by atoms with van der Waals surface area (Å²) in [5.41, 5.74) is 3.78. The van der Waals surface area contributed by atoms with Gasteiger partial charge >= 0.3 is 0 Å². The fraction of sp³-hybridized carbons (Fsp3) is 0.276. The number of unbranched alkanes of at least 4 members (excludes halogenated alkanes) is 3. The predicted octanol–water partition coefficient (Wildman–Crippen LogP) is 7.89. The molecule has 0 spiro atoms. The molecular formula is C29H30INO. The summed E-state index contributed by atoms with van der Waals surface area (Å²) in [4.78, 5) is 12.3. The first-order chi connectivity index (χ1) is 15.7. The topological polar surface area (TPSA) is 29.1 Å². The normalized spacial score (nSPS) is 11.2. The van der Waals surface area contributed by atoms with Crippen molar-refractivity contribution in [2.75, 3.05) is 6.54 Å². The summed E-state index contributed by atoms with van der Waals surface area (Å²) in [7, 11) is 0. The second-order valence-electron chi connectivity index (χ2n) is 8.43. The Balaban J connectivity index is 1.59. The van der Waals surface area contributed by atoms with Gasteiger partial charge < -0.3 is 5.32 Å². The highest BCUT2D eigenvalue weighted by atomic mass is 127. The Kier molecular flexibility index (Phi) is 7.80. The zero-order chi connectivity index (χ0) is 22.3. The van der Waals surface area contributed by atoms with Gasteiger partial charge in [-0.1, -0.05) is 80.8 Å². The molecule has 0 heterocycles. The zero-order valence-corrected chi connectivity index (χ0v) is 20.8. The van der Waals surface area contributed by atoms with Gasteiger partial charge in [0.05, 0.1) is 0 Å². The van der Waals surface area contributed by atoms with Gasteiger partial charge in [-0.15, -0.1) is 0 Å². The minimum atomic E-state index is 0.170. The second kappa shape index (κ2) is 11.0. The number of carbonyl (C=O) groups excluding carboxylic acids is 1. The van der Waals surface area contributed by atoms with Gasteiger partial charge in [-0.3, -0.25) is 4.79 Å². The minimum Gasteiger partial charge on any atom is -0.356 e. The van der Waals surface area contributed by atoms with Crippen LogP contribution in [0.1, 0.15) is 44.6 Å². The van der Waals surface area contributed by atoms with Crippen LogP contribution in [0.5, 0.6) is 0 Å². The van der Waals surface area contributed by atoms with Crippen molar-refractivity contribution in [3.63, 3.8) is 0 Å². The Labute approximate surface area is 204 Å². The van der Waals surface area contributed by atoms with Gasteiger partial charge in [-0.2, -0.15) is 0 Å². The van der Waals surface area contributed by atoms with Crippen LogP contribution in [0.2, 0.25) is 0 Å². The van der Waals surface area contributed by atoms with E-state index in [2.05, 4.69) is 108 Å². The van der Waals surface area contributed by atoms with Crippen molar-refractivity contribution < 1.29 is 4.79 Å². The number of nitrogens with one attached hydrogen (secondary N) is 1. The maximum absolute atomic E-state index is 12.3. The van der Waals surface area contributed by atoms with Crippen molar-refractivity contribution in [2.24, 2.45) is 0 Å². The van der Waals surface area contributed by atoms with Crippen molar-refractivity contribution in [3.05, 3.63) is 81.9 Å². The number of fused-ring (bicyclic) bond motifs is 2. The fourth-order valence-corrected chi connectivity index (χ4v) is 4.90. The van der Waals surface area contributed by atoms with Gasteiger partial charge in [0.15, 0.2) is 0 Å². The summed E-state index contributed by atoms with van der Waals surface area (Å²) in [6.45, 7) is 2.86. The molecular weight excluding hydrogens is 505 g/mol. The lowest BCUT2D eigenvalue weighted by molar-refractivity contribution is -0.121. The van der Waals surface area contributed by atoms with Crippen molar-refractivity contribution in [1.29, 1.82) is 0 Å². The molecule has 1 N–H and O–H groups in total. The quantitative estimate of drug-likeness (QED) is 0.171. The molecule has 0 aromatic heterocycles. The van der Waals surface area contributed by atoms with Crippen LogP contribution in [0.3, 0.4) is 0 Å². The van der Waals surface area contributed by atoms with E-state index < -0.39 is 0 Å². The Morgan fingerprint density at radius 2 is 1.62 bits per heavy atom. The third-order valence-corrected chi connectivity index (χ3v) is 6.78. The van der Waals surface area contributed by atoms with Crippen molar-refractivity contribution in [3.8, 4) is 11.1 Å². The van der Waals surface area contributed by atoms with E-state index in [0.29, 0.717) is 13.0 Å². The van der Waals surface area contributed by atoms with E-state index in [9.17, 15) is 4.79 Å². The molecule has 4 rings (SSSR count). The Bertz CT molecular complexity index is 1230. The maximum Gasteiger partial charge on any atom is 0.220 e. The molecule has 0 saturated carbocycles. The standard InChI is InChI=1S/C29H30INO/c1-2-3-4-5-10-29(32)31-18-17-28-26-9-7-6-8-21(26)14-16-27(28)24-12-11-23-20-25(30)15-13-22(23)19-24/h6-9,11-16,19-20H,2-5,10,17-18H2,1H3,(H,31,32). The minimum absolute atomic E-state index is 0.170. The van der Waals surface area contributed by atoms with E-state index in [1.165, 1.54) is 54.6 Å². The van der Waals surface area contributed by atoms with Crippen LogP contribution in [-0.4, -0.2) is 12.5 Å². The average Bonchev–Trinajstić information content (AvgIpc) is 2.81. The summed E-state index contributed by atoms with van der Waals surface area (Å²) in [5.74, 6) is 0.170. The van der Waals surface area contributed by atoms with Crippen LogP contribution >= 0.6 is 22.6 Å². The molecule has 0 unspecified atom stereocenters. The first-order valence-electron chi connectivity index (χ1n) is 11.6. The molecule has 0 aliphatic rings. The first-order valence-corrected chi connectivity index (χ1v) is 12.7. The number of hydrogen-bond acceptors (Lipinski definition) is 1. The van der Waals surface area contributed by atoms with Crippen molar-refractivity contribution in [1.82, 2.24) is 5.32 Å². The summed E-state index contributed by atoms with van der Waals surface area (Å²) in [5, 5.41) is 8.17. The number of benzene rings is 4. The monoisotopic (exact) mass is 535 g/mol. The van der Waals surface area contributed by atoms with E-state index in [1.54, 1.807) is 0 Å². The molecule has 0 aliphatic heterocycles. The van der Waals surface area contributed by atoms with Crippen molar-refractivity contribution >= 4 is 50.0 Å². The SMILES string of the molecule is CCCCCCC(=O)NCCc1c(-c2ccc3cc(I)ccc3c2)ccc2ccccc12. The van der Waals surface area contributed by atoms with Gasteiger partial charge in [-0.05, 0) is 91.9 Å². The molecule has 32 heavy (non-hydrogen) atoms. The van der Waals surface area contributed by atoms with Crippen LogP contribution in [0, 0.1) is 3.57 Å². The molecule has 1 amide bonds. The van der Waals surface area contributed by atoms with Gasteiger partial charge in [0.2, 0.25) is 5.91 Å². The lowest BCUT2D eigenvalue weighted by atomic mass is 9.91. The third-order valence-electron chi connectivity index (χ3n) is 6.11. The number of hydrogen-bond donors (Lipinski definition) is 1. The molecule has 2 nitrogen and oxygen atoms in total. The molecule has 0 bridgehead atoms. The zero-order valence-electron chi connectivity index (χ0n) is 18.7. The molecule has 0 saturated heterocycles. The third kappa shape index (κ3) is 5.50. The summed E-state index contributed by atoms with van der Waals surface area (Å²) < 4.78 is 1.25. The maximum atomic E-state index is 12.3. The number of rotatable bonds is 9. The van der Waals surface area contributed by atoms with E-state index in [4.69, 9.17) is 0 Å². The van der Waals surface area contributed by atoms with Crippen LogP contribution in [0.4, 0.5) is 0 Å². The summed E-state index contributed by atoms with van der Waals surface area (Å²) in [6, 6.07) is 26.3. The van der Waals surface area contributed by atoms with Gasteiger partial charge in [0, 0.05) is 16.5 Å². The van der Waals surface area contributed by atoms with Gasteiger partial charge in [0.1, 0.15) is 0 Å². The highest BCUT2D eigenvalue weighted by Crippen LogP contribution is 2.33. The van der Waals surface area contributed by atoms with E-state index >= 15 is 0 Å². The van der Waals surface area contributed by atoms with E-state index in [0.717, 1.165) is 19.3 Å². The average molecular weight is 535 g/mol. The summed E-state index contributed by atoms with van der Waals surface area (Å²) >= 11 is 2.36. The highest BCUT2D eigenvalue weighted by Gasteiger charge is 2.11. The van der Waals surface area contributed by atoms with Crippen LogP contribution < -0.4 is 5.32 Å². The molecule has 164 valence electrons. The van der Waals surface area contributed by atoms with Crippen LogP contribution in [0.25, 0.3) is 32.7 Å². The summed E-state index contributed by atoms with van der Waals surface area (Å²) in [6.07, 6.45) is 5.97. The molecule has 0 fully saturated rings. The lowest BCUT2D eigenvalue weighted by Crippen LogP contribution is -2.25. The Morgan fingerprint density at radius 1 is 0.844 bits per heavy atom. The first kappa shape index (κ1) is 22.8. The van der Waals surface area contributed by atoms with E-state index in [-0.39, 0.29) is 5.91 Å².